The molecular formula is C46H48O4. The highest BCUT2D eigenvalue weighted by Gasteiger charge is 2.55. The first-order chi connectivity index (χ1) is 23.8. The van der Waals surface area contributed by atoms with Crippen LogP contribution in [0.15, 0.2) is 84.9 Å². The lowest BCUT2D eigenvalue weighted by molar-refractivity contribution is 0.0641. The van der Waals surface area contributed by atoms with Gasteiger partial charge >= 0.3 is 0 Å². The van der Waals surface area contributed by atoms with E-state index in [2.05, 4.69) is 108 Å². The van der Waals surface area contributed by atoms with Crippen LogP contribution in [0, 0.1) is 24.7 Å². The van der Waals surface area contributed by atoms with E-state index in [1.54, 1.807) is 21.3 Å². The minimum absolute atomic E-state index is 0.150. The molecule has 0 N–H and O–H groups in total. The number of hydrogen-bond acceptors (Lipinski definition) is 4. The lowest BCUT2D eigenvalue weighted by atomic mass is 9.52. The van der Waals surface area contributed by atoms with Crippen LogP contribution in [0.4, 0.5) is 0 Å². The molecule has 4 nitrogen and oxygen atoms in total. The van der Waals surface area contributed by atoms with E-state index in [9.17, 15) is 0 Å². The highest BCUT2D eigenvalue weighted by atomic mass is 16.5. The number of methoxy groups -OCH3 is 3. The van der Waals surface area contributed by atoms with Crippen LogP contribution in [0.25, 0.3) is 28.0 Å². The summed E-state index contributed by atoms with van der Waals surface area (Å²) in [6.07, 6.45) is 7.99. The van der Waals surface area contributed by atoms with Gasteiger partial charge in [-0.05, 0) is 120 Å². The van der Waals surface area contributed by atoms with Gasteiger partial charge in [-0.25, -0.2) is 0 Å². The number of benzene rings is 5. The molecule has 1 spiro atoms. The summed E-state index contributed by atoms with van der Waals surface area (Å²) in [5.74, 6) is 3.37. The van der Waals surface area contributed by atoms with Crippen molar-refractivity contribution in [1.29, 1.82) is 0 Å². The highest BCUT2D eigenvalue weighted by molar-refractivity contribution is 6.09. The highest BCUT2D eigenvalue weighted by Crippen LogP contribution is 2.67. The first-order valence-electron chi connectivity index (χ1n) is 17.8. The van der Waals surface area contributed by atoms with E-state index >= 15 is 0 Å². The second-order valence-electron chi connectivity index (χ2n) is 16.5. The largest absolute Gasteiger partial charge is 0.497 e. The molecule has 1 fully saturated rings. The molecule has 0 radical (unpaired) electrons. The van der Waals surface area contributed by atoms with Gasteiger partial charge in [0.05, 0.1) is 21.3 Å². The topological polar surface area (TPSA) is 36.9 Å². The van der Waals surface area contributed by atoms with E-state index < -0.39 is 5.60 Å². The van der Waals surface area contributed by atoms with E-state index in [4.69, 9.17) is 18.9 Å². The van der Waals surface area contributed by atoms with Crippen molar-refractivity contribution in [1.82, 2.24) is 0 Å². The lowest BCUT2D eigenvalue weighted by Gasteiger charge is -2.52. The number of rotatable bonds is 5. The monoisotopic (exact) mass is 664 g/mol. The Morgan fingerprint density at radius 3 is 1.80 bits per heavy atom. The molecule has 0 unspecified atom stereocenters. The molecule has 0 atom stereocenters. The van der Waals surface area contributed by atoms with Gasteiger partial charge in [-0.15, -0.1) is 0 Å². The molecule has 1 saturated carbocycles. The predicted octanol–water partition coefficient (Wildman–Crippen LogP) is 11.3. The summed E-state index contributed by atoms with van der Waals surface area (Å²) in [5.41, 5.74) is 10.5. The van der Waals surface area contributed by atoms with Crippen LogP contribution in [-0.4, -0.2) is 21.3 Å². The minimum Gasteiger partial charge on any atom is -0.497 e. The number of fused-ring (bicyclic) bond motifs is 10. The van der Waals surface area contributed by atoms with Crippen LogP contribution in [-0.2, 0) is 11.0 Å². The second kappa shape index (κ2) is 11.2. The molecule has 50 heavy (non-hydrogen) atoms. The maximum atomic E-state index is 7.65. The zero-order valence-electron chi connectivity index (χ0n) is 30.9. The minimum atomic E-state index is -0.898. The Hall–Kier alpha value is -4.70. The Kier molecular flexibility index (Phi) is 7.25. The average molecular weight is 665 g/mol. The molecular weight excluding hydrogens is 617 g/mol. The normalized spacial score (nSPS) is 18.6. The van der Waals surface area contributed by atoms with Crippen LogP contribution in [0.5, 0.6) is 23.0 Å². The van der Waals surface area contributed by atoms with Crippen molar-refractivity contribution in [2.24, 2.45) is 10.8 Å². The van der Waals surface area contributed by atoms with E-state index in [1.165, 1.54) is 45.2 Å². The molecule has 256 valence electrons. The molecule has 0 aromatic heterocycles. The van der Waals surface area contributed by atoms with Crippen LogP contribution in [0.2, 0.25) is 0 Å². The third kappa shape index (κ3) is 4.78. The Morgan fingerprint density at radius 1 is 0.640 bits per heavy atom. The van der Waals surface area contributed by atoms with Gasteiger partial charge in [-0.2, -0.15) is 0 Å². The smallest absolute Gasteiger partial charge is 0.178 e. The Balaban J connectivity index is 1.49. The van der Waals surface area contributed by atoms with Gasteiger partial charge < -0.3 is 18.9 Å². The van der Waals surface area contributed by atoms with E-state index in [-0.39, 0.29) is 16.2 Å². The summed E-state index contributed by atoms with van der Waals surface area (Å²) in [7, 11) is 5.16. The van der Waals surface area contributed by atoms with Gasteiger partial charge in [-0.3, -0.25) is 0 Å². The Morgan fingerprint density at radius 2 is 1.24 bits per heavy atom. The SMILES string of the molecule is COc1ccc(C2(c3ccc(OC)cc3)C=Cc3c4c(c5cc(C)c(OC)cc5c3O2)-c2ccc(C)cc2C42CC(C)(C)CC(C)(C)C2)cc1. The lowest BCUT2D eigenvalue weighted by Crippen LogP contribution is -2.44. The van der Waals surface area contributed by atoms with E-state index in [0.29, 0.717) is 0 Å². The number of hydrogen-bond donors (Lipinski definition) is 0. The van der Waals surface area contributed by atoms with E-state index in [1.807, 2.05) is 24.3 Å². The fraction of sp³-hybridized carbons (Fsp3) is 0.348. The van der Waals surface area contributed by atoms with Crippen molar-refractivity contribution in [3.05, 3.63) is 124 Å². The second-order valence-corrected chi connectivity index (χ2v) is 16.5. The first-order valence-corrected chi connectivity index (χ1v) is 17.8. The first kappa shape index (κ1) is 32.5. The Bertz CT molecular complexity index is 2120. The van der Waals surface area contributed by atoms with Gasteiger partial charge in [0.2, 0.25) is 0 Å². The summed E-state index contributed by atoms with van der Waals surface area (Å²) in [6.45, 7) is 14.3. The van der Waals surface area contributed by atoms with Gasteiger partial charge in [-0.1, -0.05) is 81.8 Å². The van der Waals surface area contributed by atoms with Crippen LogP contribution in [0.1, 0.15) is 85.9 Å². The Labute approximate surface area is 297 Å². The average Bonchev–Trinajstić information content (AvgIpc) is 3.34. The van der Waals surface area contributed by atoms with Crippen molar-refractivity contribution in [3.63, 3.8) is 0 Å². The van der Waals surface area contributed by atoms with Gasteiger partial charge in [0.25, 0.3) is 0 Å². The summed E-state index contributed by atoms with van der Waals surface area (Å²) >= 11 is 0. The third-order valence-corrected chi connectivity index (χ3v) is 11.6. The summed E-state index contributed by atoms with van der Waals surface area (Å²) in [5, 5.41) is 2.28. The van der Waals surface area contributed by atoms with Gasteiger partial charge in [0, 0.05) is 27.5 Å². The van der Waals surface area contributed by atoms with Crippen molar-refractivity contribution in [2.45, 2.75) is 71.8 Å². The third-order valence-electron chi connectivity index (χ3n) is 11.6. The van der Waals surface area contributed by atoms with Crippen molar-refractivity contribution >= 4 is 16.8 Å². The molecule has 0 saturated heterocycles. The predicted molar refractivity (Wildman–Crippen MR) is 204 cm³/mol. The molecule has 5 aromatic rings. The van der Waals surface area contributed by atoms with Gasteiger partial charge in [0.15, 0.2) is 5.60 Å². The summed E-state index contributed by atoms with van der Waals surface area (Å²) in [6, 6.07) is 28.2. The summed E-state index contributed by atoms with van der Waals surface area (Å²) in [4.78, 5) is 0. The quantitative estimate of drug-likeness (QED) is 0.187. The number of ether oxygens (including phenoxy) is 4. The molecule has 0 amide bonds. The van der Waals surface area contributed by atoms with Crippen molar-refractivity contribution in [2.75, 3.05) is 21.3 Å². The number of aryl methyl sites for hydroxylation is 2. The van der Waals surface area contributed by atoms with Crippen molar-refractivity contribution < 1.29 is 18.9 Å². The molecule has 4 heteroatoms. The molecule has 2 aliphatic carbocycles. The molecule has 3 aliphatic rings. The fourth-order valence-corrected chi connectivity index (χ4v) is 10.3. The zero-order valence-corrected chi connectivity index (χ0v) is 30.9. The molecule has 5 aromatic carbocycles. The molecule has 8 rings (SSSR count). The standard InChI is InChI=1S/C46H48O4/c1-28-10-19-34-38(22-28)45(26-43(3,4)25-44(5,6)27-45)41-35-20-21-46(30-11-15-32(47-7)16-12-30,31-13-17-33(48-8)18-14-31)50-42(35)37-24-39(49-9)29(2)23-36(37)40(34)41/h10-24H,25-27H2,1-9H3. The molecule has 1 heterocycles. The van der Waals surface area contributed by atoms with Crippen LogP contribution in [0.3, 0.4) is 0 Å². The fourth-order valence-electron chi connectivity index (χ4n) is 10.3. The van der Waals surface area contributed by atoms with Crippen molar-refractivity contribution in [3.8, 4) is 34.1 Å². The zero-order chi connectivity index (χ0) is 35.2. The summed E-state index contributed by atoms with van der Waals surface area (Å²) < 4.78 is 24.8. The van der Waals surface area contributed by atoms with Gasteiger partial charge in [0.1, 0.15) is 23.0 Å². The molecule has 0 bridgehead atoms. The van der Waals surface area contributed by atoms with E-state index in [0.717, 1.165) is 57.9 Å². The van der Waals surface area contributed by atoms with Crippen LogP contribution >= 0.6 is 0 Å². The van der Waals surface area contributed by atoms with Crippen LogP contribution < -0.4 is 18.9 Å². The maximum Gasteiger partial charge on any atom is 0.178 e. The molecule has 1 aliphatic heterocycles. The maximum absolute atomic E-state index is 7.65.